The van der Waals surface area contributed by atoms with E-state index >= 15 is 0 Å². The molecule has 1 unspecified atom stereocenters. The van der Waals surface area contributed by atoms with E-state index in [4.69, 9.17) is 0 Å². The van der Waals surface area contributed by atoms with Gasteiger partial charge in [0.05, 0.1) is 5.70 Å². The van der Waals surface area contributed by atoms with Gasteiger partial charge in [0.2, 0.25) is 5.91 Å². The van der Waals surface area contributed by atoms with E-state index in [9.17, 15) is 4.79 Å². The van der Waals surface area contributed by atoms with Crippen LogP contribution in [0.4, 0.5) is 5.95 Å². The Kier molecular flexibility index (Phi) is 5.24. The highest BCUT2D eigenvalue weighted by molar-refractivity contribution is 5.89. The average molecular weight is 415 g/mol. The number of aromatic nitrogens is 4. The number of hydrogen-bond acceptors (Lipinski definition) is 5. The van der Waals surface area contributed by atoms with E-state index in [0.717, 1.165) is 42.8 Å². The molecule has 1 fully saturated rings. The highest BCUT2D eigenvalue weighted by Crippen LogP contribution is 2.36. The van der Waals surface area contributed by atoms with E-state index in [2.05, 4.69) is 64.9 Å². The Labute approximate surface area is 182 Å². The van der Waals surface area contributed by atoms with Crippen LogP contribution in [0.25, 0.3) is 5.70 Å². The molecule has 3 aromatic rings. The molecule has 7 heteroatoms. The Balaban J connectivity index is 1.55. The van der Waals surface area contributed by atoms with Crippen molar-refractivity contribution in [2.24, 2.45) is 0 Å². The molecule has 31 heavy (non-hydrogen) atoms. The summed E-state index contributed by atoms with van der Waals surface area (Å²) >= 11 is 0. The van der Waals surface area contributed by atoms with Crippen molar-refractivity contribution in [1.82, 2.24) is 25.1 Å². The zero-order valence-corrected chi connectivity index (χ0v) is 17.7. The van der Waals surface area contributed by atoms with Crippen molar-refractivity contribution in [1.29, 1.82) is 0 Å². The number of carbonyl (C=O) groups excluding carboxylic acids is 1. The second-order valence-corrected chi connectivity index (χ2v) is 8.22. The van der Waals surface area contributed by atoms with Gasteiger partial charge in [-0.1, -0.05) is 65.3 Å². The number of tetrazole rings is 1. The third-order valence-corrected chi connectivity index (χ3v) is 6.08. The minimum atomic E-state index is -0.137. The number of benzene rings is 2. The molecule has 0 radical (unpaired) electrons. The van der Waals surface area contributed by atoms with Crippen LogP contribution in [-0.2, 0) is 4.79 Å². The number of piperidine rings is 1. The molecule has 3 heterocycles. The number of amides is 1. The molecule has 7 nitrogen and oxygen atoms in total. The molecule has 0 bridgehead atoms. The summed E-state index contributed by atoms with van der Waals surface area (Å²) in [4.78, 5) is 17.1. The van der Waals surface area contributed by atoms with Crippen LogP contribution in [0.15, 0.2) is 60.7 Å². The highest BCUT2D eigenvalue weighted by atomic mass is 16.2. The Morgan fingerprint density at radius 1 is 1.00 bits per heavy atom. The summed E-state index contributed by atoms with van der Waals surface area (Å²) in [7, 11) is 0. The third-order valence-electron chi connectivity index (χ3n) is 6.08. The monoisotopic (exact) mass is 414 g/mol. The summed E-state index contributed by atoms with van der Waals surface area (Å²) < 4.78 is 1.81. The van der Waals surface area contributed by atoms with Gasteiger partial charge >= 0.3 is 0 Å². The van der Waals surface area contributed by atoms with Gasteiger partial charge in [-0.2, -0.15) is 4.68 Å². The topological polar surface area (TPSA) is 67.2 Å². The van der Waals surface area contributed by atoms with E-state index in [1.807, 2.05) is 28.0 Å². The lowest BCUT2D eigenvalue weighted by Gasteiger charge is -2.35. The quantitative estimate of drug-likeness (QED) is 0.654. The highest BCUT2D eigenvalue weighted by Gasteiger charge is 2.33. The summed E-state index contributed by atoms with van der Waals surface area (Å²) in [5.41, 5.74) is 4.31. The van der Waals surface area contributed by atoms with Gasteiger partial charge in [0.25, 0.3) is 5.95 Å². The van der Waals surface area contributed by atoms with Gasteiger partial charge in [-0.25, -0.2) is 0 Å². The van der Waals surface area contributed by atoms with E-state index in [1.54, 1.807) is 4.68 Å². The zero-order valence-electron chi connectivity index (χ0n) is 17.7. The van der Waals surface area contributed by atoms with Gasteiger partial charge in [0.1, 0.15) is 12.6 Å². The molecular formula is C24H26N6O. The second kappa shape index (κ2) is 8.34. The van der Waals surface area contributed by atoms with Crippen molar-refractivity contribution < 1.29 is 4.79 Å². The fourth-order valence-corrected chi connectivity index (χ4v) is 4.36. The van der Waals surface area contributed by atoms with Crippen LogP contribution in [0.1, 0.15) is 42.0 Å². The van der Waals surface area contributed by atoms with Gasteiger partial charge in [0.15, 0.2) is 0 Å². The van der Waals surface area contributed by atoms with E-state index < -0.39 is 0 Å². The van der Waals surface area contributed by atoms with E-state index in [-0.39, 0.29) is 18.5 Å². The SMILES string of the molecule is Cc1ccc(C2C=C(c3ccccc3)N(CC(=O)N3CCCCC3)c3nnnn32)cc1. The number of carbonyl (C=O) groups is 1. The average Bonchev–Trinajstić information content (AvgIpc) is 3.31. The van der Waals surface area contributed by atoms with Crippen molar-refractivity contribution in [3.8, 4) is 0 Å². The smallest absolute Gasteiger partial charge is 0.251 e. The van der Waals surface area contributed by atoms with Crippen LogP contribution in [0, 0.1) is 6.92 Å². The molecule has 0 N–H and O–H groups in total. The second-order valence-electron chi connectivity index (χ2n) is 8.22. The number of hydrogen-bond donors (Lipinski definition) is 0. The Morgan fingerprint density at radius 2 is 1.74 bits per heavy atom. The van der Waals surface area contributed by atoms with Crippen molar-refractivity contribution in [2.45, 2.75) is 32.2 Å². The molecule has 1 amide bonds. The van der Waals surface area contributed by atoms with Gasteiger partial charge in [0, 0.05) is 13.1 Å². The van der Waals surface area contributed by atoms with Crippen LogP contribution in [0.3, 0.4) is 0 Å². The maximum absolute atomic E-state index is 13.1. The first-order chi connectivity index (χ1) is 15.2. The maximum Gasteiger partial charge on any atom is 0.251 e. The lowest BCUT2D eigenvalue weighted by molar-refractivity contribution is -0.130. The molecule has 1 atom stereocenters. The number of nitrogens with zero attached hydrogens (tertiary/aromatic N) is 6. The van der Waals surface area contributed by atoms with E-state index in [0.29, 0.717) is 5.95 Å². The first-order valence-electron chi connectivity index (χ1n) is 10.9. The van der Waals surface area contributed by atoms with Crippen LogP contribution in [0.5, 0.6) is 0 Å². The maximum atomic E-state index is 13.1. The zero-order chi connectivity index (χ0) is 21.2. The predicted octanol–water partition coefficient (Wildman–Crippen LogP) is 3.44. The predicted molar refractivity (Wildman–Crippen MR) is 119 cm³/mol. The van der Waals surface area contributed by atoms with Crippen LogP contribution >= 0.6 is 0 Å². The molecule has 0 saturated carbocycles. The lowest BCUT2D eigenvalue weighted by Crippen LogP contribution is -2.44. The molecule has 2 aliphatic heterocycles. The molecule has 2 aromatic carbocycles. The fraction of sp³-hybridized carbons (Fsp3) is 0.333. The molecule has 5 rings (SSSR count). The third kappa shape index (κ3) is 3.83. The van der Waals surface area contributed by atoms with Crippen LogP contribution in [-0.4, -0.2) is 50.6 Å². The summed E-state index contributed by atoms with van der Waals surface area (Å²) in [5, 5.41) is 12.6. The molecular weight excluding hydrogens is 388 g/mol. The summed E-state index contributed by atoms with van der Waals surface area (Å²) in [6.07, 6.45) is 5.49. The molecule has 0 aliphatic carbocycles. The first kappa shape index (κ1) is 19.5. The number of rotatable bonds is 4. The first-order valence-corrected chi connectivity index (χ1v) is 10.9. The van der Waals surface area contributed by atoms with Crippen molar-refractivity contribution in [2.75, 3.05) is 24.5 Å². The van der Waals surface area contributed by atoms with Crippen LogP contribution < -0.4 is 4.90 Å². The van der Waals surface area contributed by atoms with E-state index in [1.165, 1.54) is 12.0 Å². The van der Waals surface area contributed by atoms with Crippen molar-refractivity contribution in [3.05, 3.63) is 77.4 Å². The van der Waals surface area contributed by atoms with Gasteiger partial charge in [-0.05, 0) is 53.8 Å². The molecule has 2 aliphatic rings. The van der Waals surface area contributed by atoms with Gasteiger partial charge < -0.3 is 4.90 Å². The van der Waals surface area contributed by atoms with Crippen molar-refractivity contribution in [3.63, 3.8) is 0 Å². The number of aryl methyl sites for hydroxylation is 1. The molecule has 0 spiro atoms. The minimum absolute atomic E-state index is 0.116. The van der Waals surface area contributed by atoms with Gasteiger partial charge in [-0.3, -0.25) is 9.69 Å². The van der Waals surface area contributed by atoms with Crippen LogP contribution in [0.2, 0.25) is 0 Å². The van der Waals surface area contributed by atoms with Gasteiger partial charge in [-0.15, -0.1) is 0 Å². The summed E-state index contributed by atoms with van der Waals surface area (Å²) in [6.45, 7) is 3.95. The fourth-order valence-electron chi connectivity index (χ4n) is 4.36. The number of fused-ring (bicyclic) bond motifs is 1. The summed E-state index contributed by atoms with van der Waals surface area (Å²) in [6, 6.07) is 18.4. The lowest BCUT2D eigenvalue weighted by atomic mass is 10.00. The normalized spacial score (nSPS) is 18.5. The molecule has 158 valence electrons. The Bertz CT molecular complexity index is 1080. The molecule has 1 saturated heterocycles. The number of anilines is 1. The van der Waals surface area contributed by atoms with Crippen molar-refractivity contribution >= 4 is 17.6 Å². The minimum Gasteiger partial charge on any atom is -0.341 e. The molecule has 1 aromatic heterocycles. The Hall–Kier alpha value is -3.48. The number of likely N-dealkylation sites (tertiary alicyclic amines) is 1. The largest absolute Gasteiger partial charge is 0.341 e. The standard InChI is InChI=1S/C24H26N6O/c1-18-10-12-20(13-11-18)22-16-21(19-8-4-2-5-9-19)29(24-25-26-27-30(22)24)17-23(31)28-14-6-3-7-15-28/h2,4-5,8-13,16,22H,3,6-7,14-15,17H2,1H3. The Morgan fingerprint density at radius 3 is 2.48 bits per heavy atom. The number of allylic oxidation sites excluding steroid dienone is 1. The summed E-state index contributed by atoms with van der Waals surface area (Å²) in [5.74, 6) is 0.710.